The second kappa shape index (κ2) is 5.02. The number of esters is 1. The second-order valence-corrected chi connectivity index (χ2v) is 12.7. The molecule has 0 radical (unpaired) electrons. The number of nitrogens with one attached hydrogen (secondary N) is 2. The molecule has 0 bridgehead atoms. The number of ether oxygens (including phenoxy) is 2. The third-order valence-corrected chi connectivity index (χ3v) is 11.5. The number of carbonyl (C=O) groups excluding carboxylic acids is 1. The minimum atomic E-state index is -5.69. The van der Waals surface area contributed by atoms with E-state index < -0.39 is 69.9 Å². The molecule has 0 aromatic carbocycles. The predicted octanol–water partition coefficient (Wildman–Crippen LogP) is 1.84. The Hall–Kier alpha value is 0.420. The molecule has 3 N–H and O–H groups in total. The number of hydrogen-bond acceptors (Lipinski definition) is 6. The summed E-state index contributed by atoms with van der Waals surface area (Å²) in [5, 5.41) is 9.31. The van der Waals surface area contributed by atoms with E-state index in [-0.39, 0.29) is 0 Å². The molecule has 0 aromatic rings. The van der Waals surface area contributed by atoms with Crippen molar-refractivity contribution < 1.29 is 41.3 Å². The number of alkyl halides is 7. The Morgan fingerprint density at radius 2 is 1.92 bits per heavy atom. The van der Waals surface area contributed by atoms with Gasteiger partial charge >= 0.3 is 155 Å². The minimum absolute atomic E-state index is 0.503. The summed E-state index contributed by atoms with van der Waals surface area (Å²) in [6, 6.07) is 0. The zero-order chi connectivity index (χ0) is 18.4. The molecule has 0 aromatic heterocycles. The summed E-state index contributed by atoms with van der Waals surface area (Å²) in [5.41, 5.74) is -2.51. The molecule has 0 amide bonds. The van der Waals surface area contributed by atoms with E-state index in [0.29, 0.717) is 0 Å². The van der Waals surface area contributed by atoms with Crippen molar-refractivity contribution in [1.29, 1.82) is 0 Å². The quantitative estimate of drug-likeness (QED) is 0.0886. The molecular formula is C11H13F5I2N2O4. The molecule has 0 saturated carbocycles. The first kappa shape index (κ1) is 19.2. The Morgan fingerprint density at radius 1 is 1.42 bits per heavy atom. The summed E-state index contributed by atoms with van der Waals surface area (Å²) in [6.07, 6.45) is -5.69. The molecule has 140 valence electrons. The number of carbonyl (C=O) groups is 1. The van der Waals surface area contributed by atoms with Crippen LogP contribution in [0.5, 0.6) is 0 Å². The molecular weight excluding hydrogens is 573 g/mol. The molecule has 0 aliphatic carbocycles. The van der Waals surface area contributed by atoms with Crippen LogP contribution in [0.2, 0.25) is 0 Å². The average Bonchev–Trinajstić information content (AvgIpc) is 3.27. The van der Waals surface area contributed by atoms with Crippen LogP contribution in [0.15, 0.2) is 0 Å². The van der Waals surface area contributed by atoms with Crippen molar-refractivity contribution in [2.24, 2.45) is 5.41 Å². The first-order chi connectivity index (χ1) is 10.6. The molecule has 6 nitrogen and oxygen atoms in total. The third kappa shape index (κ3) is 2.26. The topological polar surface area (TPSA) is 99.6 Å². The summed E-state index contributed by atoms with van der Waals surface area (Å²) in [5.74, 6) is -10.1. The third-order valence-electron chi connectivity index (χ3n) is 4.38. The van der Waals surface area contributed by atoms with Gasteiger partial charge in [-0.3, -0.25) is 0 Å². The van der Waals surface area contributed by atoms with Crippen LogP contribution in [-0.2, 0) is 14.3 Å². The van der Waals surface area contributed by atoms with Gasteiger partial charge in [-0.2, -0.15) is 0 Å². The SMILES string of the molecule is CC1(COC(=O)C(C)(I)C23NI2N3)COC(O)(C(F)(F)F)C1(F)F. The molecule has 3 saturated heterocycles. The molecule has 0 spiro atoms. The normalized spacial score (nSPS) is 39.8. The maximum absolute atomic E-state index is 14.2. The summed E-state index contributed by atoms with van der Waals surface area (Å²) in [7, 11) is 0. The van der Waals surface area contributed by atoms with E-state index in [1.807, 2.05) is 22.6 Å². The monoisotopic (exact) mass is 586 g/mol. The fourth-order valence-electron chi connectivity index (χ4n) is 2.33. The van der Waals surface area contributed by atoms with Gasteiger partial charge < -0.3 is 0 Å². The summed E-state index contributed by atoms with van der Waals surface area (Å²) in [4.78, 5) is 12.2. The Kier molecular flexibility index (Phi) is 4.01. The molecule has 3 atom stereocenters. The molecule has 3 heterocycles. The number of fused-ring (bicyclic) bond motifs is 1. The maximum atomic E-state index is 14.2. The molecule has 13 heteroatoms. The number of rotatable bonds is 4. The Balaban J connectivity index is 1.72. The van der Waals surface area contributed by atoms with E-state index in [0.717, 1.165) is 6.92 Å². The molecule has 3 aliphatic heterocycles. The summed E-state index contributed by atoms with van der Waals surface area (Å²) >= 11 is 0.310. The van der Waals surface area contributed by atoms with Gasteiger partial charge in [-0.25, -0.2) is 0 Å². The van der Waals surface area contributed by atoms with Crippen LogP contribution in [-0.4, -0.2) is 49.3 Å². The Bertz CT molecular complexity index is 597. The fourth-order valence-corrected chi connectivity index (χ4v) is 10.1. The number of aliphatic hydroxyl groups is 1. The van der Waals surface area contributed by atoms with E-state index in [1.54, 1.807) is 6.92 Å². The predicted molar refractivity (Wildman–Crippen MR) is 86.4 cm³/mol. The van der Waals surface area contributed by atoms with E-state index >= 15 is 0 Å². The summed E-state index contributed by atoms with van der Waals surface area (Å²) < 4.78 is 80.3. The molecule has 3 rings (SSSR count). The van der Waals surface area contributed by atoms with Gasteiger partial charge in [0.2, 0.25) is 0 Å². The van der Waals surface area contributed by atoms with Crippen molar-refractivity contribution in [3.05, 3.63) is 0 Å². The van der Waals surface area contributed by atoms with Crippen molar-refractivity contribution in [2.45, 2.75) is 38.8 Å². The first-order valence-corrected chi connectivity index (χ1v) is 10.9. The van der Waals surface area contributed by atoms with Gasteiger partial charge in [0.05, 0.1) is 0 Å². The first-order valence-electron chi connectivity index (χ1n) is 6.57. The Morgan fingerprint density at radius 3 is 2.29 bits per heavy atom. The van der Waals surface area contributed by atoms with Crippen molar-refractivity contribution in [1.82, 2.24) is 7.06 Å². The van der Waals surface area contributed by atoms with E-state index in [9.17, 15) is 31.9 Å². The van der Waals surface area contributed by atoms with Gasteiger partial charge in [-0.15, -0.1) is 0 Å². The van der Waals surface area contributed by atoms with Crippen LogP contribution in [0, 0.1) is 5.41 Å². The van der Waals surface area contributed by atoms with Crippen LogP contribution < -0.4 is 7.06 Å². The van der Waals surface area contributed by atoms with Gasteiger partial charge in [-0.1, -0.05) is 0 Å². The zero-order valence-electron chi connectivity index (χ0n) is 12.2. The van der Waals surface area contributed by atoms with Crippen molar-refractivity contribution in [2.75, 3.05) is 13.2 Å². The van der Waals surface area contributed by atoms with Crippen molar-refractivity contribution >= 4 is 48.9 Å². The average molecular weight is 586 g/mol. The molecule has 3 aliphatic rings. The van der Waals surface area contributed by atoms with Crippen LogP contribution in [0.1, 0.15) is 13.8 Å². The van der Waals surface area contributed by atoms with Crippen LogP contribution in [0.3, 0.4) is 0 Å². The van der Waals surface area contributed by atoms with Crippen LogP contribution in [0.4, 0.5) is 22.0 Å². The van der Waals surface area contributed by atoms with Crippen LogP contribution in [0.25, 0.3) is 0 Å². The summed E-state index contributed by atoms with van der Waals surface area (Å²) in [6.45, 7) is 0.204. The number of halogens is 7. The van der Waals surface area contributed by atoms with E-state index in [4.69, 9.17) is 4.74 Å². The van der Waals surface area contributed by atoms with E-state index in [1.165, 1.54) is 0 Å². The van der Waals surface area contributed by atoms with Gasteiger partial charge in [0.1, 0.15) is 0 Å². The van der Waals surface area contributed by atoms with Crippen molar-refractivity contribution in [3.8, 4) is 0 Å². The van der Waals surface area contributed by atoms with Gasteiger partial charge in [0.15, 0.2) is 0 Å². The fraction of sp³-hybridized carbons (Fsp3) is 0.909. The second-order valence-electron chi connectivity index (χ2n) is 6.28. The van der Waals surface area contributed by atoms with Gasteiger partial charge in [-0.05, 0) is 0 Å². The van der Waals surface area contributed by atoms with E-state index in [2.05, 4.69) is 11.8 Å². The number of hydrogen-bond donors (Lipinski definition) is 3. The zero-order valence-corrected chi connectivity index (χ0v) is 16.5. The standard InChI is InChI=1S/C11H13F5I2N2O4/c1-6(4-24-9(22,8(6,12)13)10(14,15)16)3-23-5(21)7(2,17)11-18(19-11)20-11/h19-20,22H,3-4H2,1-2H3. The molecule has 3 fully saturated rings. The molecule has 3 unspecified atom stereocenters. The van der Waals surface area contributed by atoms with Gasteiger partial charge in [0.25, 0.3) is 0 Å². The van der Waals surface area contributed by atoms with Crippen molar-refractivity contribution in [3.63, 3.8) is 0 Å². The van der Waals surface area contributed by atoms with Crippen LogP contribution >= 0.6 is 43.0 Å². The Labute approximate surface area is 154 Å². The molecule has 24 heavy (non-hydrogen) atoms. The van der Waals surface area contributed by atoms with Gasteiger partial charge in [0, 0.05) is 0 Å².